The van der Waals surface area contributed by atoms with Gasteiger partial charge >= 0.3 is 5.97 Å². The molecule has 0 aliphatic heterocycles. The van der Waals surface area contributed by atoms with E-state index in [0.717, 1.165) is 15.4 Å². The van der Waals surface area contributed by atoms with Gasteiger partial charge in [0.1, 0.15) is 0 Å². The molecule has 4 heteroatoms. The molecule has 1 heterocycles. The summed E-state index contributed by atoms with van der Waals surface area (Å²) < 4.78 is 0.843. The van der Waals surface area contributed by atoms with Gasteiger partial charge in [0.25, 0.3) is 0 Å². The fourth-order valence-electron chi connectivity index (χ4n) is 1.55. The third-order valence-electron chi connectivity index (χ3n) is 2.24. The van der Waals surface area contributed by atoms with Crippen LogP contribution in [0.4, 0.5) is 0 Å². The lowest BCUT2D eigenvalue weighted by molar-refractivity contribution is 0.0698. The molecule has 0 aliphatic carbocycles. The highest BCUT2D eigenvalue weighted by molar-refractivity contribution is 9.10. The van der Waals surface area contributed by atoms with Crippen molar-refractivity contribution in [3.05, 3.63) is 40.0 Å². The fourth-order valence-corrected chi connectivity index (χ4v) is 1.89. The van der Waals surface area contributed by atoms with Gasteiger partial charge < -0.3 is 5.11 Å². The average molecular weight is 266 g/mol. The highest BCUT2D eigenvalue weighted by Crippen LogP contribution is 2.23. The van der Waals surface area contributed by atoms with Crippen molar-refractivity contribution >= 4 is 32.8 Å². The van der Waals surface area contributed by atoms with Crippen LogP contribution in [0.1, 0.15) is 15.9 Å². The zero-order chi connectivity index (χ0) is 11.0. The molecule has 0 fully saturated rings. The summed E-state index contributed by atoms with van der Waals surface area (Å²) in [6.07, 6.45) is 1.61. The van der Waals surface area contributed by atoms with E-state index >= 15 is 0 Å². The van der Waals surface area contributed by atoms with Crippen molar-refractivity contribution in [3.8, 4) is 0 Å². The normalized spacial score (nSPS) is 10.5. The van der Waals surface area contributed by atoms with Crippen LogP contribution in [0.5, 0.6) is 0 Å². The molecule has 0 radical (unpaired) electrons. The SMILES string of the molecule is Cc1ccc2cc(Br)cnc2c1C(=O)O. The highest BCUT2D eigenvalue weighted by Gasteiger charge is 2.12. The third-order valence-corrected chi connectivity index (χ3v) is 2.68. The summed E-state index contributed by atoms with van der Waals surface area (Å²) >= 11 is 3.30. The summed E-state index contributed by atoms with van der Waals surface area (Å²) in [7, 11) is 0. The largest absolute Gasteiger partial charge is 0.478 e. The summed E-state index contributed by atoms with van der Waals surface area (Å²) in [5.74, 6) is -0.937. The number of aromatic nitrogens is 1. The van der Waals surface area contributed by atoms with Gasteiger partial charge in [0, 0.05) is 16.1 Å². The lowest BCUT2D eigenvalue weighted by Crippen LogP contribution is -2.02. The fraction of sp³-hybridized carbons (Fsp3) is 0.0909. The number of halogens is 1. The first-order valence-electron chi connectivity index (χ1n) is 4.38. The van der Waals surface area contributed by atoms with E-state index in [0.29, 0.717) is 5.52 Å². The smallest absolute Gasteiger partial charge is 0.338 e. The van der Waals surface area contributed by atoms with Crippen LogP contribution in [0.2, 0.25) is 0 Å². The first kappa shape index (κ1) is 10.1. The summed E-state index contributed by atoms with van der Waals surface area (Å²) in [6, 6.07) is 5.52. The number of aryl methyl sites for hydroxylation is 1. The Morgan fingerprint density at radius 2 is 2.20 bits per heavy atom. The van der Waals surface area contributed by atoms with Gasteiger partial charge in [-0.1, -0.05) is 12.1 Å². The quantitative estimate of drug-likeness (QED) is 0.863. The summed E-state index contributed by atoms with van der Waals surface area (Å²) in [4.78, 5) is 15.2. The standard InChI is InChI=1S/C11H8BrNO2/c1-6-2-3-7-4-8(12)5-13-10(7)9(6)11(14)15/h2-5H,1H3,(H,14,15). The van der Waals surface area contributed by atoms with E-state index in [1.165, 1.54) is 0 Å². The maximum absolute atomic E-state index is 11.1. The minimum atomic E-state index is -0.937. The van der Waals surface area contributed by atoms with Crippen LogP contribution < -0.4 is 0 Å². The number of rotatable bonds is 1. The van der Waals surface area contributed by atoms with Crippen LogP contribution in [0, 0.1) is 6.92 Å². The Kier molecular flexibility index (Phi) is 2.44. The van der Waals surface area contributed by atoms with E-state index in [2.05, 4.69) is 20.9 Å². The lowest BCUT2D eigenvalue weighted by atomic mass is 10.0. The van der Waals surface area contributed by atoms with Gasteiger partial charge in [0.15, 0.2) is 0 Å². The Morgan fingerprint density at radius 3 is 2.87 bits per heavy atom. The van der Waals surface area contributed by atoms with E-state index in [-0.39, 0.29) is 5.56 Å². The number of benzene rings is 1. The van der Waals surface area contributed by atoms with Crippen LogP contribution in [0.25, 0.3) is 10.9 Å². The van der Waals surface area contributed by atoms with E-state index in [4.69, 9.17) is 5.11 Å². The van der Waals surface area contributed by atoms with E-state index < -0.39 is 5.97 Å². The number of nitrogens with zero attached hydrogens (tertiary/aromatic N) is 1. The van der Waals surface area contributed by atoms with Gasteiger partial charge in [-0.05, 0) is 34.5 Å². The van der Waals surface area contributed by atoms with Gasteiger partial charge in [-0.2, -0.15) is 0 Å². The second-order valence-corrected chi connectivity index (χ2v) is 4.20. The highest BCUT2D eigenvalue weighted by atomic mass is 79.9. The Labute approximate surface area is 94.9 Å². The van der Waals surface area contributed by atoms with Gasteiger partial charge in [-0.15, -0.1) is 0 Å². The Hall–Kier alpha value is -1.42. The van der Waals surface area contributed by atoms with Crippen molar-refractivity contribution in [1.29, 1.82) is 0 Å². The molecule has 0 atom stereocenters. The monoisotopic (exact) mass is 265 g/mol. The van der Waals surface area contributed by atoms with Crippen molar-refractivity contribution in [2.45, 2.75) is 6.92 Å². The average Bonchev–Trinajstić information content (AvgIpc) is 2.17. The van der Waals surface area contributed by atoms with E-state index in [9.17, 15) is 4.79 Å². The van der Waals surface area contributed by atoms with Gasteiger partial charge in [0.05, 0.1) is 11.1 Å². The molecular weight excluding hydrogens is 258 g/mol. The number of pyridine rings is 1. The van der Waals surface area contributed by atoms with Crippen molar-refractivity contribution in [2.75, 3.05) is 0 Å². The third kappa shape index (κ3) is 1.72. The molecule has 1 aromatic carbocycles. The first-order chi connectivity index (χ1) is 7.09. The Balaban J connectivity index is 2.88. The maximum atomic E-state index is 11.1. The van der Waals surface area contributed by atoms with Crippen LogP contribution in [0.15, 0.2) is 28.9 Å². The molecule has 1 aromatic heterocycles. The molecule has 0 aliphatic rings. The molecule has 76 valence electrons. The van der Waals surface area contributed by atoms with Crippen molar-refractivity contribution < 1.29 is 9.90 Å². The zero-order valence-electron chi connectivity index (χ0n) is 7.99. The number of aromatic carboxylic acids is 1. The number of carboxylic acids is 1. The molecule has 0 spiro atoms. The van der Waals surface area contributed by atoms with E-state index in [1.807, 2.05) is 12.1 Å². The molecule has 3 nitrogen and oxygen atoms in total. The molecule has 15 heavy (non-hydrogen) atoms. The molecule has 2 rings (SSSR count). The topological polar surface area (TPSA) is 50.2 Å². The molecule has 0 saturated heterocycles. The minimum Gasteiger partial charge on any atom is -0.478 e. The number of fused-ring (bicyclic) bond motifs is 1. The number of hydrogen-bond acceptors (Lipinski definition) is 2. The van der Waals surface area contributed by atoms with Crippen LogP contribution in [-0.4, -0.2) is 16.1 Å². The lowest BCUT2D eigenvalue weighted by Gasteiger charge is -2.05. The predicted molar refractivity (Wildman–Crippen MR) is 61.1 cm³/mol. The minimum absolute atomic E-state index is 0.278. The van der Waals surface area contributed by atoms with Crippen LogP contribution >= 0.6 is 15.9 Å². The maximum Gasteiger partial charge on any atom is 0.338 e. The molecule has 0 saturated carbocycles. The zero-order valence-corrected chi connectivity index (χ0v) is 9.58. The Bertz CT molecular complexity index is 552. The molecule has 0 unspecified atom stereocenters. The first-order valence-corrected chi connectivity index (χ1v) is 5.17. The van der Waals surface area contributed by atoms with Crippen LogP contribution in [0.3, 0.4) is 0 Å². The van der Waals surface area contributed by atoms with Gasteiger partial charge in [-0.3, -0.25) is 4.98 Å². The number of carboxylic acid groups (broad SMARTS) is 1. The summed E-state index contributed by atoms with van der Waals surface area (Å²) in [6.45, 7) is 1.77. The molecule has 0 bridgehead atoms. The number of hydrogen-bond donors (Lipinski definition) is 1. The van der Waals surface area contributed by atoms with Crippen molar-refractivity contribution in [3.63, 3.8) is 0 Å². The summed E-state index contributed by atoms with van der Waals surface area (Å²) in [5.41, 5.74) is 1.54. The number of carbonyl (C=O) groups is 1. The van der Waals surface area contributed by atoms with E-state index in [1.54, 1.807) is 19.2 Å². The van der Waals surface area contributed by atoms with Gasteiger partial charge in [0.2, 0.25) is 0 Å². The Morgan fingerprint density at radius 1 is 1.47 bits per heavy atom. The molecular formula is C11H8BrNO2. The summed E-state index contributed by atoms with van der Waals surface area (Å²) in [5, 5.41) is 9.91. The van der Waals surface area contributed by atoms with Crippen molar-refractivity contribution in [1.82, 2.24) is 4.98 Å². The second kappa shape index (κ2) is 3.62. The molecule has 1 N–H and O–H groups in total. The predicted octanol–water partition coefficient (Wildman–Crippen LogP) is 3.00. The van der Waals surface area contributed by atoms with Crippen LogP contribution in [-0.2, 0) is 0 Å². The van der Waals surface area contributed by atoms with Crippen molar-refractivity contribution in [2.24, 2.45) is 0 Å². The van der Waals surface area contributed by atoms with Gasteiger partial charge in [-0.25, -0.2) is 4.79 Å². The molecule has 2 aromatic rings. The molecule has 0 amide bonds. The second-order valence-electron chi connectivity index (χ2n) is 3.29.